The minimum Gasteiger partial charge on any atom is -0.489 e. The molecule has 8 bridgehead atoms. The van der Waals surface area contributed by atoms with E-state index in [2.05, 4.69) is 164 Å². The van der Waals surface area contributed by atoms with Crippen LogP contribution in [0.4, 0.5) is 0 Å². The number of rotatable bonds is 4. The number of ether oxygens (including phenoxy) is 6. The predicted octanol–water partition coefficient (Wildman–Crippen LogP) is 12.8. The van der Waals surface area contributed by atoms with E-state index in [9.17, 15) is 0 Å². The molecule has 0 amide bonds. The van der Waals surface area contributed by atoms with Crippen LogP contribution in [-0.2, 0) is 48.7 Å². The van der Waals surface area contributed by atoms with Crippen molar-refractivity contribution in [3.63, 3.8) is 0 Å². The first-order chi connectivity index (χ1) is 31.7. The van der Waals surface area contributed by atoms with E-state index in [1.54, 1.807) is 0 Å². The molecule has 0 aromatic heterocycles. The van der Waals surface area contributed by atoms with Crippen LogP contribution in [0.15, 0.2) is 170 Å². The van der Waals surface area contributed by atoms with Gasteiger partial charge < -0.3 is 28.4 Å². The SMILES string of the molecule is c1ccc(-c2cc3c4c(c2)COCc2cc(-c5ccccc5)cc5c2OCCOc2c(cc(-c6ccccc6)cc2C5)Cc2cc(-c5ccccc5)cc(c2OCCO4)COC3)cc1. The Hall–Kier alpha value is -7.12. The normalized spacial score (nSPS) is 14.6. The molecule has 0 N–H and O–H groups in total. The first-order valence-corrected chi connectivity index (χ1v) is 22.2. The number of fused-ring (bicyclic) bond motifs is 3. The third kappa shape index (κ3) is 8.26. The van der Waals surface area contributed by atoms with Gasteiger partial charge in [0.2, 0.25) is 0 Å². The highest BCUT2D eigenvalue weighted by Gasteiger charge is 2.25. The lowest BCUT2D eigenvalue weighted by atomic mass is 9.89. The van der Waals surface area contributed by atoms with Gasteiger partial charge in [0, 0.05) is 35.1 Å². The van der Waals surface area contributed by atoms with Gasteiger partial charge in [-0.1, -0.05) is 121 Å². The van der Waals surface area contributed by atoms with Crippen LogP contribution in [0.3, 0.4) is 0 Å². The molecular formula is C58H48O6. The monoisotopic (exact) mass is 840 g/mol. The molecule has 3 aliphatic rings. The largest absolute Gasteiger partial charge is 0.489 e. The van der Waals surface area contributed by atoms with Crippen LogP contribution in [0.5, 0.6) is 23.0 Å². The van der Waals surface area contributed by atoms with Gasteiger partial charge >= 0.3 is 0 Å². The van der Waals surface area contributed by atoms with Crippen molar-refractivity contribution >= 4 is 0 Å². The molecule has 64 heavy (non-hydrogen) atoms. The van der Waals surface area contributed by atoms with Gasteiger partial charge in [-0.15, -0.1) is 0 Å². The molecule has 0 radical (unpaired) electrons. The first-order valence-electron chi connectivity index (χ1n) is 22.2. The fourth-order valence-corrected chi connectivity index (χ4v) is 9.43. The summed E-state index contributed by atoms with van der Waals surface area (Å²) in [5, 5.41) is 0. The van der Waals surface area contributed by atoms with E-state index in [4.69, 9.17) is 28.4 Å². The third-order valence-electron chi connectivity index (χ3n) is 12.3. The van der Waals surface area contributed by atoms with Crippen molar-refractivity contribution in [1.82, 2.24) is 0 Å². The van der Waals surface area contributed by atoms with Crippen LogP contribution in [0, 0.1) is 0 Å². The van der Waals surface area contributed by atoms with Crippen LogP contribution in [0.25, 0.3) is 44.5 Å². The second-order valence-electron chi connectivity index (χ2n) is 16.7. The molecule has 3 aliphatic heterocycles. The molecule has 6 heteroatoms. The topological polar surface area (TPSA) is 55.4 Å². The molecule has 0 atom stereocenters. The standard InChI is InChI=1S/C58H48O6/c1-5-13-39(14-6-1)43-25-47-33-49-27-44(40-15-7-2-8-16-40)29-51-35-59-37-53-31-46(42-19-11-4-12-20-42)32-54-38-60-36-52-30-45(41-17-9-3-10-18-41)28-50(57(52)63-23-24-64-58(53)54)34-48(26-43)55(47)61-21-22-62-56(49)51/h1-20,25-32H,21-24,33-38H2. The maximum absolute atomic E-state index is 6.87. The van der Waals surface area contributed by atoms with Crippen LogP contribution >= 0.6 is 0 Å². The summed E-state index contributed by atoms with van der Waals surface area (Å²) >= 11 is 0. The van der Waals surface area contributed by atoms with Gasteiger partial charge in [0.05, 0.1) is 26.4 Å². The van der Waals surface area contributed by atoms with Crippen molar-refractivity contribution in [3.8, 4) is 67.5 Å². The van der Waals surface area contributed by atoms with E-state index < -0.39 is 0 Å². The van der Waals surface area contributed by atoms with Gasteiger partial charge in [0.25, 0.3) is 0 Å². The van der Waals surface area contributed by atoms with Crippen molar-refractivity contribution in [2.45, 2.75) is 39.3 Å². The lowest BCUT2D eigenvalue weighted by molar-refractivity contribution is 0.0975. The molecular weight excluding hydrogens is 793 g/mol. The van der Waals surface area contributed by atoms with Gasteiger partial charge in [-0.2, -0.15) is 0 Å². The minimum atomic E-state index is 0.314. The summed E-state index contributed by atoms with van der Waals surface area (Å²) in [7, 11) is 0. The Morgan fingerprint density at radius 2 is 0.453 bits per heavy atom. The second-order valence-corrected chi connectivity index (χ2v) is 16.7. The number of hydrogen-bond acceptors (Lipinski definition) is 6. The Balaban J connectivity index is 1.14. The molecule has 0 fully saturated rings. The molecule has 11 rings (SSSR count). The van der Waals surface area contributed by atoms with Crippen LogP contribution < -0.4 is 18.9 Å². The summed E-state index contributed by atoms with van der Waals surface area (Å²) in [6.45, 7) is 2.78. The third-order valence-corrected chi connectivity index (χ3v) is 12.3. The average Bonchev–Trinajstić information content (AvgIpc) is 3.40. The zero-order chi connectivity index (χ0) is 42.7. The van der Waals surface area contributed by atoms with E-state index in [1.165, 1.54) is 0 Å². The summed E-state index contributed by atoms with van der Waals surface area (Å²) in [4.78, 5) is 0. The van der Waals surface area contributed by atoms with E-state index in [0.717, 1.165) is 112 Å². The first kappa shape index (κ1) is 39.7. The highest BCUT2D eigenvalue weighted by Crippen LogP contribution is 2.42. The highest BCUT2D eigenvalue weighted by molar-refractivity contribution is 5.73. The van der Waals surface area contributed by atoms with E-state index in [1.807, 2.05) is 6.07 Å². The molecule has 3 heterocycles. The minimum absolute atomic E-state index is 0.314. The highest BCUT2D eigenvalue weighted by atomic mass is 16.5. The Kier molecular flexibility index (Phi) is 11.1. The predicted molar refractivity (Wildman–Crippen MR) is 252 cm³/mol. The fraction of sp³-hybridized carbons (Fsp3) is 0.172. The number of benzene rings is 8. The smallest absolute Gasteiger partial charge is 0.130 e. The Bertz CT molecular complexity index is 2930. The van der Waals surface area contributed by atoms with Crippen LogP contribution in [0.2, 0.25) is 0 Å². The van der Waals surface area contributed by atoms with Crippen LogP contribution in [-0.4, -0.2) is 26.4 Å². The molecule has 0 saturated heterocycles. The average molecular weight is 841 g/mol. The molecule has 8 aromatic carbocycles. The zero-order valence-corrected chi connectivity index (χ0v) is 35.7. The van der Waals surface area contributed by atoms with Crippen molar-refractivity contribution in [2.24, 2.45) is 0 Å². The van der Waals surface area contributed by atoms with Gasteiger partial charge in [-0.25, -0.2) is 0 Å². The lowest BCUT2D eigenvalue weighted by Gasteiger charge is -2.21. The van der Waals surface area contributed by atoms with Crippen molar-refractivity contribution in [3.05, 3.63) is 214 Å². The van der Waals surface area contributed by atoms with Crippen molar-refractivity contribution < 1.29 is 28.4 Å². The van der Waals surface area contributed by atoms with E-state index in [0.29, 0.717) is 65.7 Å². The van der Waals surface area contributed by atoms with Gasteiger partial charge in [0.1, 0.15) is 49.4 Å². The number of hydrogen-bond donors (Lipinski definition) is 0. The van der Waals surface area contributed by atoms with E-state index >= 15 is 0 Å². The summed E-state index contributed by atoms with van der Waals surface area (Å²) in [6.07, 6.45) is 1.16. The van der Waals surface area contributed by atoms with Crippen molar-refractivity contribution in [2.75, 3.05) is 26.4 Å². The van der Waals surface area contributed by atoms with Crippen LogP contribution in [0.1, 0.15) is 44.5 Å². The second kappa shape index (κ2) is 17.9. The Morgan fingerprint density at radius 1 is 0.234 bits per heavy atom. The molecule has 0 saturated carbocycles. The summed E-state index contributed by atoms with van der Waals surface area (Å²) in [5.41, 5.74) is 17.1. The Morgan fingerprint density at radius 3 is 0.719 bits per heavy atom. The molecule has 6 nitrogen and oxygen atoms in total. The van der Waals surface area contributed by atoms with E-state index in [-0.39, 0.29) is 0 Å². The maximum Gasteiger partial charge on any atom is 0.130 e. The molecule has 0 unspecified atom stereocenters. The quantitative estimate of drug-likeness (QED) is 0.176. The fourth-order valence-electron chi connectivity index (χ4n) is 9.43. The summed E-state index contributed by atoms with van der Waals surface area (Å²) in [6, 6.07) is 60.2. The summed E-state index contributed by atoms with van der Waals surface area (Å²) in [5.74, 6) is 3.31. The Labute approximate surface area is 374 Å². The summed E-state index contributed by atoms with van der Waals surface area (Å²) < 4.78 is 40.8. The molecule has 8 aromatic rings. The maximum atomic E-state index is 6.87. The lowest BCUT2D eigenvalue weighted by Crippen LogP contribution is -2.14. The zero-order valence-electron chi connectivity index (χ0n) is 35.7. The van der Waals surface area contributed by atoms with Gasteiger partial charge in [0.15, 0.2) is 0 Å². The van der Waals surface area contributed by atoms with Gasteiger partial charge in [-0.05, 0) is 115 Å². The van der Waals surface area contributed by atoms with Gasteiger partial charge in [-0.3, -0.25) is 0 Å². The molecule has 0 spiro atoms. The molecule has 316 valence electrons. The van der Waals surface area contributed by atoms with Crippen molar-refractivity contribution in [1.29, 1.82) is 0 Å². The molecule has 0 aliphatic carbocycles.